The number of benzene rings is 2. The first-order chi connectivity index (χ1) is 16.0. The fraction of sp³-hybridized carbons (Fsp3) is 0.567. The molecule has 4 rings (SSSR count). The van der Waals surface area contributed by atoms with E-state index < -0.39 is 5.97 Å². The molecule has 2 saturated carbocycles. The third kappa shape index (κ3) is 6.25. The highest BCUT2D eigenvalue weighted by molar-refractivity contribution is 5.91. The van der Waals surface area contributed by atoms with Crippen molar-refractivity contribution in [1.82, 2.24) is 0 Å². The van der Waals surface area contributed by atoms with Crippen LogP contribution in [0.2, 0.25) is 0 Å². The Morgan fingerprint density at radius 1 is 0.939 bits per heavy atom. The number of rotatable bonds is 8. The molecule has 0 saturated heterocycles. The van der Waals surface area contributed by atoms with Crippen molar-refractivity contribution in [2.45, 2.75) is 90.4 Å². The predicted molar refractivity (Wildman–Crippen MR) is 132 cm³/mol. The summed E-state index contributed by atoms with van der Waals surface area (Å²) in [6.07, 6.45) is 14.3. The van der Waals surface area contributed by atoms with Gasteiger partial charge in [0.2, 0.25) is 0 Å². The molecular formula is C30H39FO2. The van der Waals surface area contributed by atoms with Crippen molar-refractivity contribution in [3.63, 3.8) is 0 Å². The van der Waals surface area contributed by atoms with E-state index in [0.29, 0.717) is 5.75 Å². The number of carbonyl (C=O) groups is 1. The van der Waals surface area contributed by atoms with Crippen molar-refractivity contribution in [2.75, 3.05) is 0 Å². The summed E-state index contributed by atoms with van der Waals surface area (Å²) >= 11 is 0. The monoisotopic (exact) mass is 450 g/mol. The van der Waals surface area contributed by atoms with Gasteiger partial charge in [0.1, 0.15) is 11.6 Å². The lowest BCUT2D eigenvalue weighted by Crippen LogP contribution is -2.30. The smallest absolute Gasteiger partial charge is 0.343 e. The molecule has 0 aromatic heterocycles. The fourth-order valence-corrected chi connectivity index (χ4v) is 6.15. The van der Waals surface area contributed by atoms with E-state index in [0.717, 1.165) is 41.7 Å². The van der Waals surface area contributed by atoms with Gasteiger partial charge in [-0.05, 0) is 92.5 Å². The van der Waals surface area contributed by atoms with Gasteiger partial charge in [-0.2, -0.15) is 0 Å². The summed E-state index contributed by atoms with van der Waals surface area (Å²) in [4.78, 5) is 12.5. The molecule has 0 radical (unpaired) electrons. The number of hydrogen-bond donors (Lipinski definition) is 0. The minimum atomic E-state index is -0.509. The van der Waals surface area contributed by atoms with E-state index >= 15 is 4.39 Å². The minimum absolute atomic E-state index is 0.263. The van der Waals surface area contributed by atoms with Gasteiger partial charge in [0.05, 0.1) is 5.56 Å². The van der Waals surface area contributed by atoms with E-state index in [-0.39, 0.29) is 17.3 Å². The van der Waals surface area contributed by atoms with Crippen molar-refractivity contribution >= 4 is 5.97 Å². The van der Waals surface area contributed by atoms with Crippen LogP contribution >= 0.6 is 0 Å². The van der Waals surface area contributed by atoms with Crippen LogP contribution in [0.3, 0.4) is 0 Å². The van der Waals surface area contributed by atoms with Crippen molar-refractivity contribution in [2.24, 2.45) is 17.8 Å². The fourth-order valence-electron chi connectivity index (χ4n) is 6.15. The summed E-state index contributed by atoms with van der Waals surface area (Å²) in [6, 6.07) is 12.2. The number of ether oxygens (including phenoxy) is 1. The van der Waals surface area contributed by atoms with E-state index in [2.05, 4.69) is 6.92 Å². The minimum Gasteiger partial charge on any atom is -0.423 e. The summed E-state index contributed by atoms with van der Waals surface area (Å²) in [6.45, 7) is 4.25. The van der Waals surface area contributed by atoms with Gasteiger partial charge >= 0.3 is 5.97 Å². The Morgan fingerprint density at radius 3 is 2.45 bits per heavy atom. The first kappa shape index (κ1) is 24.0. The van der Waals surface area contributed by atoms with Crippen molar-refractivity contribution in [3.8, 4) is 5.75 Å². The molecular weight excluding hydrogens is 411 g/mol. The molecule has 0 bridgehead atoms. The molecule has 2 aliphatic rings. The van der Waals surface area contributed by atoms with Gasteiger partial charge in [-0.15, -0.1) is 0 Å². The lowest BCUT2D eigenvalue weighted by Gasteiger charge is -2.42. The maximum Gasteiger partial charge on any atom is 0.343 e. The zero-order valence-electron chi connectivity index (χ0n) is 20.3. The van der Waals surface area contributed by atoms with Crippen molar-refractivity contribution in [3.05, 3.63) is 65.0 Å². The molecule has 2 aromatic rings. The topological polar surface area (TPSA) is 26.3 Å². The summed E-state index contributed by atoms with van der Waals surface area (Å²) in [5.74, 6) is 2.46. The average Bonchev–Trinajstić information content (AvgIpc) is 2.83. The van der Waals surface area contributed by atoms with Gasteiger partial charge < -0.3 is 4.74 Å². The van der Waals surface area contributed by atoms with Crippen LogP contribution in [0.25, 0.3) is 0 Å². The van der Waals surface area contributed by atoms with Crippen LogP contribution in [0.4, 0.5) is 4.39 Å². The summed E-state index contributed by atoms with van der Waals surface area (Å²) in [5.41, 5.74) is 2.15. The second kappa shape index (κ2) is 11.3. The van der Waals surface area contributed by atoms with Crippen LogP contribution in [-0.2, 0) is 0 Å². The molecule has 4 unspecified atom stereocenters. The van der Waals surface area contributed by atoms with Crippen LogP contribution < -0.4 is 4.74 Å². The maximum absolute atomic E-state index is 15.1. The SMILES string of the molecule is CCCCCCC1CCC2CC(c3ccc(C(=O)Oc4ccc(C)cc4)cc3F)CCC2C1. The van der Waals surface area contributed by atoms with E-state index in [1.54, 1.807) is 18.2 Å². The highest BCUT2D eigenvalue weighted by Gasteiger charge is 2.36. The standard InChI is InChI=1S/C30H39FO2/c1-3-4-5-6-7-22-10-11-24-19-25(13-12-23(24)18-22)28-17-14-26(20-29(28)31)30(32)33-27-15-8-21(2)9-16-27/h8-9,14-17,20,22-25H,3-7,10-13,18-19H2,1-2H3. The quantitative estimate of drug-likeness (QED) is 0.228. The second-order valence-corrected chi connectivity index (χ2v) is 10.5. The maximum atomic E-state index is 15.1. The molecule has 33 heavy (non-hydrogen) atoms. The summed E-state index contributed by atoms with van der Waals surface area (Å²) in [5, 5.41) is 0. The predicted octanol–water partition coefficient (Wildman–Crippen LogP) is 8.62. The van der Waals surface area contributed by atoms with Crippen LogP contribution in [0.1, 0.15) is 105 Å². The van der Waals surface area contributed by atoms with Gasteiger partial charge in [0, 0.05) is 0 Å². The number of aryl methyl sites for hydroxylation is 1. The van der Waals surface area contributed by atoms with Crippen LogP contribution in [0.15, 0.2) is 42.5 Å². The van der Waals surface area contributed by atoms with Gasteiger partial charge in [0.25, 0.3) is 0 Å². The molecule has 2 fully saturated rings. The molecule has 2 aliphatic carbocycles. The zero-order chi connectivity index (χ0) is 23.2. The summed E-state index contributed by atoms with van der Waals surface area (Å²) in [7, 11) is 0. The zero-order valence-corrected chi connectivity index (χ0v) is 20.3. The first-order valence-corrected chi connectivity index (χ1v) is 13.1. The molecule has 0 amide bonds. The molecule has 178 valence electrons. The molecule has 2 aromatic carbocycles. The van der Waals surface area contributed by atoms with Crippen LogP contribution in [0, 0.1) is 30.5 Å². The Labute approximate surface area is 198 Å². The third-order valence-corrected chi connectivity index (χ3v) is 8.10. The van der Waals surface area contributed by atoms with E-state index in [4.69, 9.17) is 4.74 Å². The molecule has 3 heteroatoms. The number of esters is 1. The third-order valence-electron chi connectivity index (χ3n) is 8.10. The van der Waals surface area contributed by atoms with Gasteiger partial charge in [0.15, 0.2) is 0 Å². The molecule has 0 aliphatic heterocycles. The number of carbonyl (C=O) groups excluding carboxylic acids is 1. The van der Waals surface area contributed by atoms with Gasteiger partial charge in [-0.25, -0.2) is 9.18 Å². The molecule has 0 N–H and O–H groups in total. The number of hydrogen-bond acceptors (Lipinski definition) is 2. The molecule has 4 atom stereocenters. The molecule has 2 nitrogen and oxygen atoms in total. The summed E-state index contributed by atoms with van der Waals surface area (Å²) < 4.78 is 20.5. The molecule has 0 spiro atoms. The molecule has 0 heterocycles. The largest absolute Gasteiger partial charge is 0.423 e. The van der Waals surface area contributed by atoms with Crippen LogP contribution in [0.5, 0.6) is 5.75 Å². The number of unbranched alkanes of at least 4 members (excludes halogenated alkanes) is 3. The van der Waals surface area contributed by atoms with Crippen molar-refractivity contribution < 1.29 is 13.9 Å². The van der Waals surface area contributed by atoms with Crippen LogP contribution in [-0.4, -0.2) is 5.97 Å². The number of fused-ring (bicyclic) bond motifs is 1. The normalized spacial score (nSPS) is 24.8. The lowest BCUT2D eigenvalue weighted by atomic mass is 9.63. The highest BCUT2D eigenvalue weighted by Crippen LogP contribution is 2.48. The van der Waals surface area contributed by atoms with Gasteiger partial charge in [-0.3, -0.25) is 0 Å². The second-order valence-electron chi connectivity index (χ2n) is 10.5. The Hall–Kier alpha value is -2.16. The number of halogens is 1. The Balaban J connectivity index is 1.32. The Bertz CT molecular complexity index is 919. The van der Waals surface area contributed by atoms with E-state index in [1.165, 1.54) is 63.9 Å². The Morgan fingerprint density at radius 2 is 1.70 bits per heavy atom. The Kier molecular flexibility index (Phi) is 8.22. The first-order valence-electron chi connectivity index (χ1n) is 13.1. The van der Waals surface area contributed by atoms with E-state index in [1.807, 2.05) is 25.1 Å². The highest BCUT2D eigenvalue weighted by atomic mass is 19.1. The lowest BCUT2D eigenvalue weighted by molar-refractivity contribution is 0.0734. The van der Waals surface area contributed by atoms with Crippen molar-refractivity contribution in [1.29, 1.82) is 0 Å². The average molecular weight is 451 g/mol. The van der Waals surface area contributed by atoms with Gasteiger partial charge in [-0.1, -0.05) is 69.2 Å². The van der Waals surface area contributed by atoms with E-state index in [9.17, 15) is 4.79 Å².